The van der Waals surface area contributed by atoms with Crippen LogP contribution in [0.2, 0.25) is 0 Å². The van der Waals surface area contributed by atoms with Crippen LogP contribution in [0.1, 0.15) is 48.7 Å². The lowest BCUT2D eigenvalue weighted by Gasteiger charge is -2.19. The van der Waals surface area contributed by atoms with E-state index in [4.69, 9.17) is 16.2 Å². The summed E-state index contributed by atoms with van der Waals surface area (Å²) in [6, 6.07) is 13.6. The van der Waals surface area contributed by atoms with Crippen molar-refractivity contribution in [3.05, 3.63) is 59.2 Å². The molecule has 28 heavy (non-hydrogen) atoms. The first-order chi connectivity index (χ1) is 13.2. The lowest BCUT2D eigenvalue weighted by Crippen LogP contribution is -2.23. The number of rotatable bonds is 5. The van der Waals surface area contributed by atoms with Gasteiger partial charge in [-0.2, -0.15) is 4.98 Å². The molecule has 1 heterocycles. The fraction of sp³-hybridized carbons (Fsp3) is 0.318. The third-order valence-corrected chi connectivity index (χ3v) is 4.33. The van der Waals surface area contributed by atoms with Gasteiger partial charge in [-0.15, -0.1) is 0 Å². The zero-order valence-electron chi connectivity index (χ0n) is 16.5. The van der Waals surface area contributed by atoms with Gasteiger partial charge in [0.25, 0.3) is 0 Å². The molecule has 0 spiro atoms. The number of benzene rings is 2. The summed E-state index contributed by atoms with van der Waals surface area (Å²) in [5, 5.41) is 0.827. The minimum atomic E-state index is -0.490. The molecule has 0 fully saturated rings. The molecule has 3 rings (SSSR count). The Hall–Kier alpha value is -3.15. The molecule has 2 aromatic carbocycles. The zero-order valence-corrected chi connectivity index (χ0v) is 16.5. The molecule has 146 valence electrons. The van der Waals surface area contributed by atoms with Gasteiger partial charge >= 0.3 is 5.97 Å². The first-order valence-electron chi connectivity index (χ1n) is 9.35. The van der Waals surface area contributed by atoms with E-state index in [0.717, 1.165) is 30.2 Å². The third-order valence-electron chi connectivity index (χ3n) is 4.33. The van der Waals surface area contributed by atoms with E-state index in [2.05, 4.69) is 9.97 Å². The minimum absolute atomic E-state index is 0.188. The number of hydrogen-bond donors (Lipinski definition) is 2. The van der Waals surface area contributed by atoms with Gasteiger partial charge in [-0.05, 0) is 75.4 Å². The number of nitrogens with zero attached hydrogens (tertiary/aromatic N) is 2. The Morgan fingerprint density at radius 1 is 0.964 bits per heavy atom. The normalized spacial score (nSPS) is 11.5. The predicted molar refractivity (Wildman–Crippen MR) is 112 cm³/mol. The minimum Gasteiger partial charge on any atom is -0.456 e. The molecule has 1 aromatic heterocycles. The number of carbonyl (C=O) groups is 1. The van der Waals surface area contributed by atoms with E-state index < -0.39 is 5.60 Å². The lowest BCUT2D eigenvalue weighted by atomic mass is 10.0. The number of aryl methyl sites for hydroxylation is 2. The van der Waals surface area contributed by atoms with Crippen LogP contribution in [-0.4, -0.2) is 21.5 Å². The topological polar surface area (TPSA) is 104 Å². The Labute approximate surface area is 164 Å². The molecule has 0 aliphatic carbocycles. The highest BCUT2D eigenvalue weighted by Gasteiger charge is 2.17. The van der Waals surface area contributed by atoms with Gasteiger partial charge in [0.1, 0.15) is 11.4 Å². The second-order valence-corrected chi connectivity index (χ2v) is 7.87. The summed E-state index contributed by atoms with van der Waals surface area (Å²) in [6.45, 7) is 5.59. The molecule has 0 unspecified atom stereocenters. The summed E-state index contributed by atoms with van der Waals surface area (Å²) in [6.07, 6.45) is 2.81. The van der Waals surface area contributed by atoms with Crippen molar-refractivity contribution in [2.24, 2.45) is 0 Å². The molecule has 4 N–H and O–H groups in total. The van der Waals surface area contributed by atoms with Gasteiger partial charge in [-0.1, -0.05) is 18.2 Å². The SMILES string of the molecule is CC(C)(C)OC(=O)c1ccc(CCCc2ccc3nc(N)nc(N)c3c2)cc1. The third kappa shape index (κ3) is 4.97. The van der Waals surface area contributed by atoms with E-state index in [1.54, 1.807) is 0 Å². The molecule has 0 bridgehead atoms. The van der Waals surface area contributed by atoms with Gasteiger partial charge < -0.3 is 16.2 Å². The standard InChI is InChI=1S/C22H26N4O2/c1-22(2,3)28-20(27)16-10-7-14(8-11-16)5-4-6-15-9-12-18-17(13-15)19(23)26-21(24)25-18/h7-13H,4-6H2,1-3H3,(H4,23,24,25,26). The Kier molecular flexibility index (Phi) is 5.49. The maximum Gasteiger partial charge on any atom is 0.338 e. The number of hydrogen-bond acceptors (Lipinski definition) is 6. The van der Waals surface area contributed by atoms with Crippen LogP contribution in [0.3, 0.4) is 0 Å². The van der Waals surface area contributed by atoms with Crippen molar-refractivity contribution in [2.45, 2.75) is 45.6 Å². The van der Waals surface area contributed by atoms with Gasteiger partial charge in [0, 0.05) is 5.39 Å². The Morgan fingerprint density at radius 3 is 2.29 bits per heavy atom. The first kappa shape index (κ1) is 19.6. The van der Waals surface area contributed by atoms with Crippen molar-refractivity contribution >= 4 is 28.6 Å². The summed E-state index contributed by atoms with van der Waals surface area (Å²) in [5.41, 5.74) is 14.8. The average molecular weight is 378 g/mol. The Balaban J connectivity index is 1.59. The van der Waals surface area contributed by atoms with Crippen LogP contribution in [0.15, 0.2) is 42.5 Å². The van der Waals surface area contributed by atoms with Crippen LogP contribution >= 0.6 is 0 Å². The smallest absolute Gasteiger partial charge is 0.338 e. The first-order valence-corrected chi connectivity index (χ1v) is 9.35. The van der Waals surface area contributed by atoms with E-state index in [1.165, 1.54) is 11.1 Å². The quantitative estimate of drug-likeness (QED) is 0.652. The van der Waals surface area contributed by atoms with Crippen molar-refractivity contribution in [3.8, 4) is 0 Å². The lowest BCUT2D eigenvalue weighted by molar-refractivity contribution is 0.00695. The van der Waals surface area contributed by atoms with Crippen LogP contribution in [0.5, 0.6) is 0 Å². The highest BCUT2D eigenvalue weighted by Crippen LogP contribution is 2.21. The van der Waals surface area contributed by atoms with E-state index in [1.807, 2.05) is 63.2 Å². The maximum atomic E-state index is 12.1. The molecule has 0 atom stereocenters. The van der Waals surface area contributed by atoms with Crippen LogP contribution in [0.25, 0.3) is 10.9 Å². The van der Waals surface area contributed by atoms with Crippen molar-refractivity contribution in [1.82, 2.24) is 9.97 Å². The largest absolute Gasteiger partial charge is 0.456 e. The molecule has 6 nitrogen and oxygen atoms in total. The Morgan fingerprint density at radius 2 is 1.61 bits per heavy atom. The molecule has 0 radical (unpaired) electrons. The van der Waals surface area contributed by atoms with Gasteiger partial charge in [-0.25, -0.2) is 9.78 Å². The summed E-state index contributed by atoms with van der Waals surface area (Å²) in [4.78, 5) is 20.3. The number of anilines is 2. The van der Waals surface area contributed by atoms with Crippen molar-refractivity contribution in [3.63, 3.8) is 0 Å². The van der Waals surface area contributed by atoms with Gasteiger partial charge in [-0.3, -0.25) is 0 Å². The molecule has 0 amide bonds. The van der Waals surface area contributed by atoms with Crippen LogP contribution < -0.4 is 11.5 Å². The zero-order chi connectivity index (χ0) is 20.3. The number of fused-ring (bicyclic) bond motifs is 1. The fourth-order valence-corrected chi connectivity index (χ4v) is 3.01. The highest BCUT2D eigenvalue weighted by atomic mass is 16.6. The maximum absolute atomic E-state index is 12.1. The molecule has 3 aromatic rings. The van der Waals surface area contributed by atoms with E-state index >= 15 is 0 Å². The molecule has 0 saturated heterocycles. The summed E-state index contributed by atoms with van der Waals surface area (Å²) in [5.74, 6) is 0.297. The molecule has 0 aliphatic rings. The van der Waals surface area contributed by atoms with Crippen molar-refractivity contribution in [2.75, 3.05) is 11.5 Å². The molecule has 6 heteroatoms. The molecule has 0 aliphatic heterocycles. The average Bonchev–Trinajstić information content (AvgIpc) is 2.61. The number of ether oxygens (including phenoxy) is 1. The number of esters is 1. The van der Waals surface area contributed by atoms with Gasteiger partial charge in [0.05, 0.1) is 11.1 Å². The van der Waals surface area contributed by atoms with Crippen LogP contribution in [0.4, 0.5) is 11.8 Å². The molecular weight excluding hydrogens is 352 g/mol. The van der Waals surface area contributed by atoms with E-state index in [9.17, 15) is 4.79 Å². The summed E-state index contributed by atoms with van der Waals surface area (Å²) in [7, 11) is 0. The number of carbonyl (C=O) groups excluding carboxylic acids is 1. The number of nitrogens with two attached hydrogens (primary N) is 2. The van der Waals surface area contributed by atoms with Gasteiger partial charge in [0.15, 0.2) is 0 Å². The van der Waals surface area contributed by atoms with Crippen LogP contribution in [0, 0.1) is 0 Å². The second kappa shape index (κ2) is 7.84. The summed E-state index contributed by atoms with van der Waals surface area (Å²) < 4.78 is 5.39. The molecule has 0 saturated carbocycles. The van der Waals surface area contributed by atoms with E-state index in [0.29, 0.717) is 11.4 Å². The van der Waals surface area contributed by atoms with E-state index in [-0.39, 0.29) is 11.9 Å². The Bertz CT molecular complexity index is 992. The second-order valence-electron chi connectivity index (χ2n) is 7.87. The number of aromatic nitrogens is 2. The number of nitrogen functional groups attached to an aromatic ring is 2. The van der Waals surface area contributed by atoms with Crippen LogP contribution in [-0.2, 0) is 17.6 Å². The van der Waals surface area contributed by atoms with Gasteiger partial charge in [0.2, 0.25) is 5.95 Å². The molecular formula is C22H26N4O2. The van der Waals surface area contributed by atoms with Crippen molar-refractivity contribution < 1.29 is 9.53 Å². The highest BCUT2D eigenvalue weighted by molar-refractivity contribution is 5.90. The monoisotopic (exact) mass is 378 g/mol. The summed E-state index contributed by atoms with van der Waals surface area (Å²) >= 11 is 0. The van der Waals surface area contributed by atoms with Crippen molar-refractivity contribution in [1.29, 1.82) is 0 Å². The predicted octanol–water partition coefficient (Wildman–Crippen LogP) is 3.92. The fourth-order valence-electron chi connectivity index (χ4n) is 3.01.